The number of pyridine rings is 1. The second kappa shape index (κ2) is 6.33. The van der Waals surface area contributed by atoms with Crippen LogP contribution in [0.3, 0.4) is 0 Å². The summed E-state index contributed by atoms with van der Waals surface area (Å²) < 4.78 is 17.8. The van der Waals surface area contributed by atoms with Crippen LogP contribution in [-0.2, 0) is 12.8 Å². The van der Waals surface area contributed by atoms with E-state index in [1.807, 2.05) is 47.5 Å². The number of aromatic nitrogens is 5. The number of fused-ring (bicyclic) bond motifs is 1. The van der Waals surface area contributed by atoms with Gasteiger partial charge in [-0.3, -0.25) is 0 Å². The van der Waals surface area contributed by atoms with E-state index in [0.29, 0.717) is 17.1 Å². The van der Waals surface area contributed by atoms with Crippen molar-refractivity contribution in [2.45, 2.75) is 17.8 Å². The smallest absolute Gasteiger partial charge is 0.191 e. The van der Waals surface area contributed by atoms with Gasteiger partial charge in [0.05, 0.1) is 11.3 Å². The number of hydrogen-bond donors (Lipinski definition) is 0. The molecule has 3 aromatic heterocycles. The third kappa shape index (κ3) is 2.91. The molecule has 0 N–H and O–H groups in total. The maximum Gasteiger partial charge on any atom is 0.191 e. The quantitative estimate of drug-likeness (QED) is 0.523. The summed E-state index contributed by atoms with van der Waals surface area (Å²) in [6, 6.07) is 10.6. The number of nitrogens with zero attached hydrogens (tertiary/aromatic N) is 5. The summed E-state index contributed by atoms with van der Waals surface area (Å²) in [6.07, 6.45) is 4.01. The Morgan fingerprint density at radius 3 is 2.76 bits per heavy atom. The molecule has 126 valence electrons. The van der Waals surface area contributed by atoms with Crippen LogP contribution in [0.5, 0.6) is 0 Å². The van der Waals surface area contributed by atoms with Gasteiger partial charge in [-0.15, -0.1) is 10.2 Å². The topological polar surface area (TPSA) is 48.0 Å². The molecular formula is C18H16FN5S. The van der Waals surface area contributed by atoms with Crippen molar-refractivity contribution < 1.29 is 4.39 Å². The van der Waals surface area contributed by atoms with Crippen LogP contribution < -0.4 is 0 Å². The van der Waals surface area contributed by atoms with Gasteiger partial charge in [0, 0.05) is 25.2 Å². The van der Waals surface area contributed by atoms with Gasteiger partial charge < -0.3 is 8.97 Å². The molecule has 4 aromatic rings. The Morgan fingerprint density at radius 2 is 1.96 bits per heavy atom. The van der Waals surface area contributed by atoms with E-state index >= 15 is 0 Å². The monoisotopic (exact) mass is 353 g/mol. The van der Waals surface area contributed by atoms with Gasteiger partial charge in [-0.1, -0.05) is 30.0 Å². The Kier molecular flexibility index (Phi) is 4.01. The molecule has 0 radical (unpaired) electrons. The summed E-state index contributed by atoms with van der Waals surface area (Å²) >= 11 is 1.53. The van der Waals surface area contributed by atoms with E-state index in [4.69, 9.17) is 0 Å². The van der Waals surface area contributed by atoms with Gasteiger partial charge in [0.2, 0.25) is 0 Å². The Balaban J connectivity index is 1.57. The lowest BCUT2D eigenvalue weighted by atomic mass is 10.2. The first kappa shape index (κ1) is 15.8. The first-order chi connectivity index (χ1) is 12.1. The predicted molar refractivity (Wildman–Crippen MR) is 95.9 cm³/mol. The summed E-state index contributed by atoms with van der Waals surface area (Å²) in [5.74, 6) is 0.890. The number of benzene rings is 1. The van der Waals surface area contributed by atoms with Gasteiger partial charge >= 0.3 is 0 Å². The molecule has 0 atom stereocenters. The van der Waals surface area contributed by atoms with Crippen LogP contribution in [0.25, 0.3) is 17.0 Å². The van der Waals surface area contributed by atoms with Crippen molar-refractivity contribution >= 4 is 17.4 Å². The highest BCUT2D eigenvalue weighted by Gasteiger charge is 2.15. The summed E-state index contributed by atoms with van der Waals surface area (Å²) in [7, 11) is 1.85. The lowest BCUT2D eigenvalue weighted by molar-refractivity contribution is 0.628. The number of hydrogen-bond acceptors (Lipinski definition) is 4. The van der Waals surface area contributed by atoms with Crippen molar-refractivity contribution in [3.05, 3.63) is 65.9 Å². The van der Waals surface area contributed by atoms with Gasteiger partial charge in [-0.25, -0.2) is 9.37 Å². The molecule has 3 heterocycles. The van der Waals surface area contributed by atoms with Crippen LogP contribution in [-0.4, -0.2) is 24.1 Å². The molecule has 0 unspecified atom stereocenters. The lowest BCUT2D eigenvalue weighted by Crippen LogP contribution is -1.96. The number of rotatable bonds is 4. The average molecular weight is 353 g/mol. The van der Waals surface area contributed by atoms with Gasteiger partial charge in [0.1, 0.15) is 11.5 Å². The minimum absolute atomic E-state index is 0.301. The highest BCUT2D eigenvalue weighted by molar-refractivity contribution is 7.98. The third-order valence-electron chi connectivity index (χ3n) is 4.03. The molecule has 0 fully saturated rings. The fourth-order valence-corrected chi connectivity index (χ4v) is 3.52. The third-order valence-corrected chi connectivity index (χ3v) is 5.08. The van der Waals surface area contributed by atoms with Gasteiger partial charge in [-0.05, 0) is 30.7 Å². The van der Waals surface area contributed by atoms with E-state index in [1.54, 1.807) is 18.2 Å². The van der Waals surface area contributed by atoms with Gasteiger partial charge in [-0.2, -0.15) is 0 Å². The van der Waals surface area contributed by atoms with Crippen LogP contribution in [0, 0.1) is 12.7 Å². The molecule has 4 rings (SSSR count). The minimum Gasteiger partial charge on any atom is -0.307 e. The van der Waals surface area contributed by atoms with Crippen LogP contribution in [0.4, 0.5) is 4.39 Å². The van der Waals surface area contributed by atoms with Crippen molar-refractivity contribution in [2.24, 2.45) is 7.05 Å². The maximum atomic E-state index is 14.0. The molecule has 0 spiro atoms. The molecule has 25 heavy (non-hydrogen) atoms. The Hall–Kier alpha value is -2.67. The Labute approximate surface area is 148 Å². The number of halogens is 1. The van der Waals surface area contributed by atoms with Crippen molar-refractivity contribution in [3.63, 3.8) is 0 Å². The summed E-state index contributed by atoms with van der Waals surface area (Å²) in [6.45, 7) is 2.04. The van der Waals surface area contributed by atoms with E-state index in [0.717, 1.165) is 22.1 Å². The standard InChI is InChI=1S/C18H16FN5S/c1-12-6-5-9-24-10-13(20-16(12)24)11-25-18-22-21-17(23(18)2)14-7-3-4-8-15(14)19/h3-10H,11H2,1-2H3. The highest BCUT2D eigenvalue weighted by Crippen LogP contribution is 2.26. The molecule has 0 bridgehead atoms. The zero-order valence-corrected chi connectivity index (χ0v) is 14.7. The zero-order chi connectivity index (χ0) is 17.4. The van der Waals surface area contributed by atoms with Gasteiger partial charge in [0.25, 0.3) is 0 Å². The number of aryl methyl sites for hydroxylation is 1. The van der Waals surface area contributed by atoms with Crippen LogP contribution in [0.2, 0.25) is 0 Å². The summed E-state index contributed by atoms with van der Waals surface area (Å²) in [4.78, 5) is 4.66. The molecule has 1 aromatic carbocycles. The summed E-state index contributed by atoms with van der Waals surface area (Å²) in [5.41, 5.74) is 3.52. The van der Waals surface area contributed by atoms with E-state index in [2.05, 4.69) is 15.2 Å². The first-order valence-electron chi connectivity index (χ1n) is 7.84. The molecule has 0 saturated carbocycles. The number of thioether (sulfide) groups is 1. The van der Waals surface area contributed by atoms with Crippen molar-refractivity contribution in [3.8, 4) is 11.4 Å². The fourth-order valence-electron chi connectivity index (χ4n) is 2.73. The van der Waals surface area contributed by atoms with Crippen molar-refractivity contribution in [2.75, 3.05) is 0 Å². The van der Waals surface area contributed by atoms with E-state index in [9.17, 15) is 4.39 Å². The Bertz CT molecular complexity index is 1050. The van der Waals surface area contributed by atoms with E-state index < -0.39 is 0 Å². The molecule has 7 heteroatoms. The molecule has 0 amide bonds. The second-order valence-corrected chi connectivity index (χ2v) is 6.73. The Morgan fingerprint density at radius 1 is 1.12 bits per heavy atom. The van der Waals surface area contributed by atoms with E-state index in [1.165, 1.54) is 17.8 Å². The highest BCUT2D eigenvalue weighted by atomic mass is 32.2. The summed E-state index contributed by atoms with van der Waals surface area (Å²) in [5, 5.41) is 9.07. The molecule has 0 saturated heterocycles. The fraction of sp³-hybridized carbons (Fsp3) is 0.167. The minimum atomic E-state index is -0.301. The van der Waals surface area contributed by atoms with Gasteiger partial charge in [0.15, 0.2) is 11.0 Å². The molecular weight excluding hydrogens is 337 g/mol. The number of imidazole rings is 1. The predicted octanol–water partition coefficient (Wildman–Crippen LogP) is 3.87. The lowest BCUT2D eigenvalue weighted by Gasteiger charge is -2.04. The maximum absolute atomic E-state index is 14.0. The molecule has 0 aliphatic carbocycles. The molecule has 0 aliphatic rings. The molecule has 0 aliphatic heterocycles. The first-order valence-corrected chi connectivity index (χ1v) is 8.82. The largest absolute Gasteiger partial charge is 0.307 e. The van der Waals surface area contributed by atoms with Crippen LogP contribution in [0.1, 0.15) is 11.3 Å². The normalized spacial score (nSPS) is 11.3. The van der Waals surface area contributed by atoms with Crippen molar-refractivity contribution in [1.82, 2.24) is 24.1 Å². The van der Waals surface area contributed by atoms with Crippen molar-refractivity contribution in [1.29, 1.82) is 0 Å². The van der Waals surface area contributed by atoms with E-state index in [-0.39, 0.29) is 5.82 Å². The second-order valence-electron chi connectivity index (χ2n) is 5.79. The SMILES string of the molecule is Cc1cccn2cc(CSc3nnc(-c4ccccc4F)n3C)nc12. The van der Waals surface area contributed by atoms with Crippen LogP contribution in [0.15, 0.2) is 53.9 Å². The average Bonchev–Trinajstić information content (AvgIpc) is 3.18. The zero-order valence-electron chi connectivity index (χ0n) is 13.8. The molecule has 5 nitrogen and oxygen atoms in total. The van der Waals surface area contributed by atoms with Crippen LogP contribution >= 0.6 is 11.8 Å².